The standard InChI is InChI=1S/C71H139N2O7P/c1-7-10-13-16-19-22-25-27-29-31-33-35-36-38-40-42-44-46-49-52-55-58-61-64-71(75)80-69(62-59-56-53-50-47-24-21-18-15-12-9-3)68(67-79-81(76,77)78-66-65-73(4,5)6)72-70(74)63-60-57-54-51-48-45-43-41-39-37-34-32-30-28-26-23-20-17-14-11-8-2/h28,30,59,62,68-69H,7-27,29,31-58,60-61,63-67H2,1-6H3,(H-,72,74,76,77)/b30-28+,62-59+. The van der Waals surface area contributed by atoms with Crippen molar-refractivity contribution < 1.29 is 37.3 Å². The number of likely N-dealkylation sites (N-methyl/N-ethyl adjacent to an activating group) is 1. The first-order valence-corrected chi connectivity index (χ1v) is 37.1. The molecule has 0 spiro atoms. The average Bonchev–Trinajstić information content (AvgIpc) is 3.44. The molecule has 10 heteroatoms. The van der Waals surface area contributed by atoms with Crippen molar-refractivity contribution in [2.75, 3.05) is 40.9 Å². The van der Waals surface area contributed by atoms with E-state index in [4.69, 9.17) is 13.8 Å². The van der Waals surface area contributed by atoms with E-state index in [1.54, 1.807) is 0 Å². The van der Waals surface area contributed by atoms with Gasteiger partial charge in [-0.15, -0.1) is 0 Å². The van der Waals surface area contributed by atoms with Gasteiger partial charge in [-0.2, -0.15) is 0 Å². The molecule has 0 rings (SSSR count). The molecule has 1 amide bonds. The molecular formula is C71H139N2O7P. The third-order valence-corrected chi connectivity index (χ3v) is 17.3. The molecule has 0 aromatic rings. The molecule has 81 heavy (non-hydrogen) atoms. The molecule has 0 aliphatic heterocycles. The van der Waals surface area contributed by atoms with Crippen LogP contribution in [0.15, 0.2) is 24.3 Å². The Labute approximate surface area is 504 Å². The van der Waals surface area contributed by atoms with Crippen molar-refractivity contribution >= 4 is 19.7 Å². The Morgan fingerprint density at radius 1 is 0.420 bits per heavy atom. The summed E-state index contributed by atoms with van der Waals surface area (Å²) in [4.78, 5) is 40.1. The summed E-state index contributed by atoms with van der Waals surface area (Å²) in [6, 6.07) is -0.883. The number of hydrogen-bond donors (Lipinski definition) is 1. The van der Waals surface area contributed by atoms with Crippen LogP contribution in [0.4, 0.5) is 0 Å². The maximum absolute atomic E-state index is 13.6. The lowest BCUT2D eigenvalue weighted by Crippen LogP contribution is -2.47. The van der Waals surface area contributed by atoms with Gasteiger partial charge in [0, 0.05) is 12.8 Å². The molecule has 3 atom stereocenters. The number of quaternary nitrogens is 1. The van der Waals surface area contributed by atoms with E-state index < -0.39 is 20.0 Å². The highest BCUT2D eigenvalue weighted by molar-refractivity contribution is 7.45. The summed E-state index contributed by atoms with van der Waals surface area (Å²) < 4.78 is 30.4. The van der Waals surface area contributed by atoms with E-state index in [-0.39, 0.29) is 31.5 Å². The lowest BCUT2D eigenvalue weighted by atomic mass is 10.0. The van der Waals surface area contributed by atoms with Crippen LogP contribution in [-0.2, 0) is 27.9 Å². The van der Waals surface area contributed by atoms with Crippen LogP contribution in [0.1, 0.15) is 367 Å². The topological polar surface area (TPSA) is 114 Å². The smallest absolute Gasteiger partial charge is 0.306 e. The number of phosphoric acid groups is 1. The maximum Gasteiger partial charge on any atom is 0.306 e. The Bertz CT molecular complexity index is 1430. The number of carbonyl (C=O) groups is 2. The van der Waals surface area contributed by atoms with Gasteiger partial charge in [0.1, 0.15) is 19.3 Å². The molecule has 0 aromatic heterocycles. The zero-order valence-corrected chi connectivity index (χ0v) is 55.9. The van der Waals surface area contributed by atoms with Crippen molar-refractivity contribution in [3.63, 3.8) is 0 Å². The van der Waals surface area contributed by atoms with Gasteiger partial charge in [0.2, 0.25) is 5.91 Å². The number of esters is 1. The molecule has 0 saturated carbocycles. The summed E-state index contributed by atoms with van der Waals surface area (Å²) in [6.45, 7) is 6.90. The van der Waals surface area contributed by atoms with Gasteiger partial charge in [0.05, 0.1) is 33.8 Å². The molecule has 480 valence electrons. The predicted molar refractivity (Wildman–Crippen MR) is 349 cm³/mol. The van der Waals surface area contributed by atoms with Crippen molar-refractivity contribution in [2.45, 2.75) is 380 Å². The summed E-state index contributed by atoms with van der Waals surface area (Å²) in [6.07, 6.45) is 74.5. The van der Waals surface area contributed by atoms with Gasteiger partial charge in [-0.25, -0.2) is 0 Å². The molecule has 3 unspecified atom stereocenters. The van der Waals surface area contributed by atoms with E-state index in [9.17, 15) is 19.0 Å². The Balaban J connectivity index is 5.00. The summed E-state index contributed by atoms with van der Waals surface area (Å²) in [5, 5.41) is 3.05. The molecule has 0 bridgehead atoms. The van der Waals surface area contributed by atoms with Crippen molar-refractivity contribution in [1.29, 1.82) is 0 Å². The normalized spacial score (nSPS) is 13.6. The molecule has 0 aliphatic carbocycles. The van der Waals surface area contributed by atoms with E-state index in [1.807, 2.05) is 33.3 Å². The SMILES string of the molecule is CCCCCCCC/C=C/CCCCCCCCCCCCCC(=O)NC(COP(=O)([O-])OCC[N+](C)(C)C)C(/C=C/CCCCCCCCCCC)OC(=O)CCCCCCCCCCCCCCCCCCCCCCCCC. The van der Waals surface area contributed by atoms with Gasteiger partial charge < -0.3 is 28.5 Å². The molecule has 0 heterocycles. The Kier molecular flexibility index (Phi) is 60.4. The summed E-state index contributed by atoms with van der Waals surface area (Å²) in [7, 11) is 1.21. The lowest BCUT2D eigenvalue weighted by molar-refractivity contribution is -0.870. The van der Waals surface area contributed by atoms with E-state index in [1.165, 1.54) is 276 Å². The van der Waals surface area contributed by atoms with E-state index in [0.717, 1.165) is 57.8 Å². The van der Waals surface area contributed by atoms with Crippen molar-refractivity contribution in [2.24, 2.45) is 0 Å². The maximum atomic E-state index is 13.6. The van der Waals surface area contributed by atoms with Crippen LogP contribution in [-0.4, -0.2) is 69.4 Å². The van der Waals surface area contributed by atoms with Crippen LogP contribution < -0.4 is 10.2 Å². The third kappa shape index (κ3) is 62.8. The first-order valence-electron chi connectivity index (χ1n) is 35.6. The van der Waals surface area contributed by atoms with Crippen LogP contribution in [0.5, 0.6) is 0 Å². The Hall–Kier alpha value is -1.51. The van der Waals surface area contributed by atoms with Crippen molar-refractivity contribution in [3.8, 4) is 0 Å². The second-order valence-electron chi connectivity index (χ2n) is 25.7. The first kappa shape index (κ1) is 79.5. The minimum Gasteiger partial charge on any atom is -0.756 e. The molecule has 0 aromatic carbocycles. The van der Waals surface area contributed by atoms with Crippen molar-refractivity contribution in [3.05, 3.63) is 24.3 Å². The van der Waals surface area contributed by atoms with Crippen molar-refractivity contribution in [1.82, 2.24) is 5.32 Å². The fourth-order valence-corrected chi connectivity index (χ4v) is 11.6. The Morgan fingerprint density at radius 3 is 1.05 bits per heavy atom. The van der Waals surface area contributed by atoms with Gasteiger partial charge in [0.25, 0.3) is 7.82 Å². The number of carbonyl (C=O) groups excluding carboxylic acids is 2. The molecule has 0 radical (unpaired) electrons. The highest BCUT2D eigenvalue weighted by Gasteiger charge is 2.27. The van der Waals surface area contributed by atoms with E-state index in [2.05, 4.69) is 38.2 Å². The number of nitrogens with one attached hydrogen (secondary N) is 1. The van der Waals surface area contributed by atoms with Crippen LogP contribution >= 0.6 is 7.82 Å². The summed E-state index contributed by atoms with van der Waals surface area (Å²) in [5.74, 6) is -0.520. The number of hydrogen-bond acceptors (Lipinski definition) is 7. The van der Waals surface area contributed by atoms with Crippen LogP contribution in [0.3, 0.4) is 0 Å². The second kappa shape index (κ2) is 61.6. The fourth-order valence-electron chi connectivity index (χ4n) is 10.9. The third-order valence-electron chi connectivity index (χ3n) is 16.4. The van der Waals surface area contributed by atoms with Gasteiger partial charge in [-0.3, -0.25) is 14.2 Å². The highest BCUT2D eigenvalue weighted by atomic mass is 31.2. The van der Waals surface area contributed by atoms with E-state index >= 15 is 0 Å². The molecule has 1 N–H and O–H groups in total. The lowest BCUT2D eigenvalue weighted by Gasteiger charge is -2.30. The second-order valence-corrected chi connectivity index (χ2v) is 27.2. The largest absolute Gasteiger partial charge is 0.756 e. The summed E-state index contributed by atoms with van der Waals surface area (Å²) >= 11 is 0. The number of nitrogens with zero attached hydrogens (tertiary/aromatic N) is 1. The van der Waals surface area contributed by atoms with Gasteiger partial charge in [-0.05, 0) is 57.4 Å². The zero-order chi connectivity index (χ0) is 59.3. The minimum absolute atomic E-state index is 0.0184. The first-order chi connectivity index (χ1) is 39.4. The molecular weight excluding hydrogens is 1020 g/mol. The number of amides is 1. The van der Waals surface area contributed by atoms with Gasteiger partial charge >= 0.3 is 5.97 Å². The number of rotatable bonds is 66. The average molecular weight is 1160 g/mol. The predicted octanol–water partition coefficient (Wildman–Crippen LogP) is 21.8. The number of phosphoric ester groups is 1. The van der Waals surface area contributed by atoms with Crippen LogP contribution in [0, 0.1) is 0 Å². The molecule has 0 saturated heterocycles. The highest BCUT2D eigenvalue weighted by Crippen LogP contribution is 2.38. The van der Waals surface area contributed by atoms with Crippen LogP contribution in [0.2, 0.25) is 0 Å². The monoisotopic (exact) mass is 1160 g/mol. The molecule has 0 aliphatic rings. The van der Waals surface area contributed by atoms with Crippen LogP contribution in [0.25, 0.3) is 0 Å². The number of allylic oxidation sites excluding steroid dienone is 3. The number of ether oxygens (including phenoxy) is 1. The molecule has 0 fully saturated rings. The quantitative estimate of drug-likeness (QED) is 0.0212. The fraction of sp³-hybridized carbons (Fsp3) is 0.915. The summed E-state index contributed by atoms with van der Waals surface area (Å²) in [5.41, 5.74) is 0. The molecule has 9 nitrogen and oxygen atoms in total. The van der Waals surface area contributed by atoms with E-state index in [0.29, 0.717) is 17.4 Å². The zero-order valence-electron chi connectivity index (χ0n) is 55.0. The van der Waals surface area contributed by atoms with Gasteiger partial charge in [-0.1, -0.05) is 322 Å². The number of unbranched alkanes of at least 4 members (excludes halogenated alkanes) is 48. The minimum atomic E-state index is -4.70. The van der Waals surface area contributed by atoms with Gasteiger partial charge in [0.15, 0.2) is 0 Å². The Morgan fingerprint density at radius 2 is 0.716 bits per heavy atom.